The van der Waals surface area contributed by atoms with Gasteiger partial charge in [0, 0.05) is 23.8 Å². The van der Waals surface area contributed by atoms with Crippen LogP contribution in [0.4, 0.5) is 0 Å². The first kappa shape index (κ1) is 17.0. The molecule has 0 N–H and O–H groups in total. The average molecular weight is 319 g/mol. The Morgan fingerprint density at radius 1 is 1.18 bits per heavy atom. The number of carbonyl (C=O) groups is 2. The second-order valence-corrected chi connectivity index (χ2v) is 7.71. The van der Waals surface area contributed by atoms with E-state index >= 15 is 0 Å². The molecule has 3 heteroatoms. The summed E-state index contributed by atoms with van der Waals surface area (Å²) in [7, 11) is 0. The Morgan fingerprint density at radius 2 is 1.77 bits per heavy atom. The second kappa shape index (κ2) is 6.37. The molecule has 1 saturated carbocycles. The van der Waals surface area contributed by atoms with Crippen molar-refractivity contribution in [2.75, 3.05) is 0 Å². The van der Waals surface area contributed by atoms with Gasteiger partial charge < -0.3 is 0 Å². The molecule has 0 radical (unpaired) electrons. The van der Waals surface area contributed by atoms with Crippen molar-refractivity contribution >= 4 is 23.2 Å². The zero-order valence-electron chi connectivity index (χ0n) is 13.7. The van der Waals surface area contributed by atoms with Crippen molar-refractivity contribution in [3.63, 3.8) is 0 Å². The Balaban J connectivity index is 2.24. The monoisotopic (exact) mass is 318 g/mol. The molecular formula is C19H23ClO2. The number of carbonyl (C=O) groups excluding carboxylic acids is 2. The highest BCUT2D eigenvalue weighted by Gasteiger charge is 2.32. The van der Waals surface area contributed by atoms with Crippen LogP contribution in [-0.2, 0) is 9.59 Å². The van der Waals surface area contributed by atoms with E-state index < -0.39 is 0 Å². The fourth-order valence-corrected chi connectivity index (χ4v) is 3.27. The van der Waals surface area contributed by atoms with E-state index in [1.807, 2.05) is 31.2 Å². The van der Waals surface area contributed by atoms with E-state index in [9.17, 15) is 9.59 Å². The number of aryl methyl sites for hydroxylation is 1. The molecule has 0 unspecified atom stereocenters. The topological polar surface area (TPSA) is 34.1 Å². The molecule has 1 aliphatic rings. The molecule has 2 rings (SSSR count). The first-order chi connectivity index (χ1) is 10.2. The summed E-state index contributed by atoms with van der Waals surface area (Å²) in [5.41, 5.74) is 2.45. The maximum Gasteiger partial charge on any atom is 0.166 e. The maximum absolute atomic E-state index is 12.4. The molecule has 0 heterocycles. The summed E-state index contributed by atoms with van der Waals surface area (Å²) in [5, 5.41) is 0.646. The van der Waals surface area contributed by atoms with Crippen molar-refractivity contribution in [1.82, 2.24) is 0 Å². The third kappa shape index (κ3) is 3.86. The molecule has 0 aromatic heterocycles. The molecule has 0 bridgehead atoms. The van der Waals surface area contributed by atoms with Crippen molar-refractivity contribution < 1.29 is 9.59 Å². The molecule has 0 atom stereocenters. The van der Waals surface area contributed by atoms with Gasteiger partial charge in [0.2, 0.25) is 0 Å². The van der Waals surface area contributed by atoms with Gasteiger partial charge in [-0.3, -0.25) is 9.59 Å². The summed E-state index contributed by atoms with van der Waals surface area (Å²) < 4.78 is 0. The van der Waals surface area contributed by atoms with Gasteiger partial charge in [0.1, 0.15) is 0 Å². The lowest BCUT2D eigenvalue weighted by atomic mass is 9.77. The van der Waals surface area contributed by atoms with Crippen LogP contribution in [0.2, 0.25) is 5.02 Å². The van der Waals surface area contributed by atoms with E-state index in [0.717, 1.165) is 17.5 Å². The van der Waals surface area contributed by atoms with Gasteiger partial charge in [-0.15, -0.1) is 0 Å². The number of ketones is 2. The summed E-state index contributed by atoms with van der Waals surface area (Å²) in [6.07, 6.45) is 3.29. The quantitative estimate of drug-likeness (QED) is 0.566. The van der Waals surface area contributed by atoms with E-state index in [4.69, 9.17) is 11.6 Å². The van der Waals surface area contributed by atoms with Gasteiger partial charge in [0.25, 0.3) is 0 Å². The largest absolute Gasteiger partial charge is 0.294 e. The van der Waals surface area contributed by atoms with Crippen LogP contribution in [0.15, 0.2) is 29.8 Å². The van der Waals surface area contributed by atoms with Crippen LogP contribution in [0.3, 0.4) is 0 Å². The summed E-state index contributed by atoms with van der Waals surface area (Å²) in [5.74, 6) is -0.199. The van der Waals surface area contributed by atoms with Crippen molar-refractivity contribution in [2.45, 2.75) is 52.9 Å². The minimum Gasteiger partial charge on any atom is -0.294 e. The summed E-state index contributed by atoms with van der Waals surface area (Å²) in [4.78, 5) is 24.8. The van der Waals surface area contributed by atoms with Gasteiger partial charge in [-0.25, -0.2) is 0 Å². The van der Waals surface area contributed by atoms with Gasteiger partial charge in [0.15, 0.2) is 11.6 Å². The van der Waals surface area contributed by atoms with E-state index in [2.05, 4.69) is 20.8 Å². The van der Waals surface area contributed by atoms with Crippen LogP contribution in [0.5, 0.6) is 0 Å². The Morgan fingerprint density at radius 3 is 2.27 bits per heavy atom. The number of hydrogen-bond acceptors (Lipinski definition) is 2. The molecule has 118 valence electrons. The fourth-order valence-electron chi connectivity index (χ4n) is 2.90. The third-order valence-corrected chi connectivity index (χ3v) is 4.39. The van der Waals surface area contributed by atoms with E-state index in [-0.39, 0.29) is 22.9 Å². The lowest BCUT2D eigenvalue weighted by Crippen LogP contribution is -2.25. The number of halogens is 1. The third-order valence-electron chi connectivity index (χ3n) is 4.06. The highest BCUT2D eigenvalue weighted by Crippen LogP contribution is 2.37. The predicted octanol–water partition coefficient (Wildman–Crippen LogP) is 5.03. The number of benzene rings is 1. The smallest absolute Gasteiger partial charge is 0.166 e. The molecule has 1 aromatic carbocycles. The first-order valence-electron chi connectivity index (χ1n) is 7.70. The minimum absolute atomic E-state index is 0.0511. The fraction of sp³-hybridized carbons (Fsp3) is 0.474. The molecule has 0 aliphatic heterocycles. The van der Waals surface area contributed by atoms with Gasteiger partial charge in [0.05, 0.1) is 5.57 Å². The van der Waals surface area contributed by atoms with E-state index in [1.54, 1.807) is 0 Å². The highest BCUT2D eigenvalue weighted by molar-refractivity contribution is 6.31. The number of allylic oxidation sites excluding steroid dienone is 2. The van der Waals surface area contributed by atoms with Crippen molar-refractivity contribution in [3.05, 3.63) is 46.0 Å². The Kier molecular flexibility index (Phi) is 4.91. The summed E-state index contributed by atoms with van der Waals surface area (Å²) >= 11 is 6.28. The van der Waals surface area contributed by atoms with Gasteiger partial charge >= 0.3 is 0 Å². The number of Topliss-reactive ketones (excluding diaryl/α,β-unsaturated/α-hetero) is 2. The zero-order valence-corrected chi connectivity index (χ0v) is 14.5. The predicted molar refractivity (Wildman–Crippen MR) is 90.3 cm³/mol. The molecule has 1 aromatic rings. The van der Waals surface area contributed by atoms with Gasteiger partial charge in [-0.1, -0.05) is 50.6 Å². The van der Waals surface area contributed by atoms with E-state index in [0.29, 0.717) is 23.4 Å². The SMILES string of the molecule is Cc1cccc(Cl)c1C1CC(=O)C(=CCC(C)(C)C)C(=O)C1. The molecule has 22 heavy (non-hydrogen) atoms. The van der Waals surface area contributed by atoms with Crippen LogP contribution >= 0.6 is 11.6 Å². The minimum atomic E-state index is -0.0968. The molecular weight excluding hydrogens is 296 g/mol. The molecule has 0 spiro atoms. The van der Waals surface area contributed by atoms with Crippen LogP contribution in [0.1, 0.15) is 57.1 Å². The van der Waals surface area contributed by atoms with Crippen LogP contribution < -0.4 is 0 Å². The summed E-state index contributed by atoms with van der Waals surface area (Å²) in [6, 6.07) is 5.69. The molecule has 2 nitrogen and oxygen atoms in total. The Bertz CT molecular complexity index is 595. The van der Waals surface area contributed by atoms with E-state index in [1.165, 1.54) is 0 Å². The maximum atomic E-state index is 12.4. The first-order valence-corrected chi connectivity index (χ1v) is 8.08. The zero-order chi connectivity index (χ0) is 16.5. The van der Waals surface area contributed by atoms with Gasteiger partial charge in [-0.2, -0.15) is 0 Å². The lowest BCUT2D eigenvalue weighted by molar-refractivity contribution is -0.124. The standard InChI is InChI=1S/C19H23ClO2/c1-12-6-5-7-15(20)18(12)13-10-16(21)14(17(22)11-13)8-9-19(2,3)4/h5-8,13H,9-11H2,1-4H3. The molecule has 1 fully saturated rings. The molecule has 0 saturated heterocycles. The van der Waals surface area contributed by atoms with Crippen LogP contribution in [0.25, 0.3) is 0 Å². The van der Waals surface area contributed by atoms with Crippen LogP contribution in [-0.4, -0.2) is 11.6 Å². The van der Waals surface area contributed by atoms with Crippen molar-refractivity contribution in [2.24, 2.45) is 5.41 Å². The molecule has 1 aliphatic carbocycles. The lowest BCUT2D eigenvalue weighted by Gasteiger charge is -2.25. The second-order valence-electron chi connectivity index (χ2n) is 7.30. The number of rotatable bonds is 2. The van der Waals surface area contributed by atoms with Gasteiger partial charge in [-0.05, 0) is 36.0 Å². The normalized spacial score (nSPS) is 19.5. The highest BCUT2D eigenvalue weighted by atomic mass is 35.5. The van der Waals surface area contributed by atoms with Crippen molar-refractivity contribution in [3.8, 4) is 0 Å². The Labute approximate surface area is 137 Å². The van der Waals surface area contributed by atoms with Crippen LogP contribution in [0, 0.1) is 12.3 Å². The average Bonchev–Trinajstić information content (AvgIpc) is 2.36. The number of hydrogen-bond donors (Lipinski definition) is 0. The Hall–Kier alpha value is -1.41. The molecule has 0 amide bonds. The summed E-state index contributed by atoms with van der Waals surface area (Å²) in [6.45, 7) is 8.26. The van der Waals surface area contributed by atoms with Crippen molar-refractivity contribution in [1.29, 1.82) is 0 Å².